The third-order valence-corrected chi connectivity index (χ3v) is 3.44. The molecule has 1 aliphatic heterocycles. The molecule has 0 aliphatic carbocycles. The van der Waals surface area contributed by atoms with E-state index in [1.165, 1.54) is 0 Å². The number of nitrogens with two attached hydrogens (primary N) is 1. The number of carboxylic acids is 1. The summed E-state index contributed by atoms with van der Waals surface area (Å²) in [5.41, 5.74) is 5.74. The van der Waals surface area contributed by atoms with Crippen LogP contribution in [0.2, 0.25) is 0 Å². The number of hydrogen-bond donors (Lipinski definition) is 3. The number of carbonyl (C=O) groups excluding carboxylic acids is 2. The highest BCUT2D eigenvalue weighted by Crippen LogP contribution is 2.29. The zero-order valence-electron chi connectivity index (χ0n) is 9.52. The number of amides is 2. The van der Waals surface area contributed by atoms with Crippen LogP contribution < -0.4 is 11.1 Å². The van der Waals surface area contributed by atoms with Gasteiger partial charge in [0.15, 0.2) is 0 Å². The summed E-state index contributed by atoms with van der Waals surface area (Å²) >= 11 is 1.01. The lowest BCUT2D eigenvalue weighted by Crippen LogP contribution is -2.32. The minimum atomic E-state index is -1.13. The normalized spacial score (nSPS) is 17.6. The van der Waals surface area contributed by atoms with Crippen LogP contribution in [0.3, 0.4) is 0 Å². The summed E-state index contributed by atoms with van der Waals surface area (Å²) in [7, 11) is 0. The van der Waals surface area contributed by atoms with Gasteiger partial charge in [-0.1, -0.05) is 13.8 Å². The first-order valence-corrected chi connectivity index (χ1v) is 6.04. The third kappa shape index (κ3) is 3.07. The molecule has 0 saturated carbocycles. The molecular weight excluding hydrogens is 244 g/mol. The molecule has 0 radical (unpaired) electrons. The highest BCUT2D eigenvalue weighted by Gasteiger charge is 2.32. The topological polar surface area (TPSA) is 109 Å². The Morgan fingerprint density at radius 3 is 2.47 bits per heavy atom. The summed E-state index contributed by atoms with van der Waals surface area (Å²) in [6, 6.07) is -1.05. The lowest BCUT2D eigenvalue weighted by Gasteiger charge is -2.08. The number of nitrogens with one attached hydrogen (secondary N) is 1. The van der Waals surface area contributed by atoms with E-state index in [-0.39, 0.29) is 16.6 Å². The lowest BCUT2D eigenvalue weighted by atomic mass is 10.0. The fraction of sp³-hybridized carbons (Fsp3) is 0.500. The van der Waals surface area contributed by atoms with Crippen molar-refractivity contribution in [2.75, 3.05) is 5.75 Å². The highest BCUT2D eigenvalue weighted by atomic mass is 32.2. The summed E-state index contributed by atoms with van der Waals surface area (Å²) in [5.74, 6) is -2.04. The van der Waals surface area contributed by atoms with Gasteiger partial charge in [-0.3, -0.25) is 19.7 Å². The molecule has 0 unspecified atom stereocenters. The Hall–Kier alpha value is -1.34. The van der Waals surface area contributed by atoms with E-state index in [4.69, 9.17) is 10.8 Å². The summed E-state index contributed by atoms with van der Waals surface area (Å²) in [6.45, 7) is 3.59. The second kappa shape index (κ2) is 5.33. The number of carboxylic acid groups (broad SMARTS) is 1. The molecule has 1 aliphatic rings. The first kappa shape index (κ1) is 13.7. The highest BCUT2D eigenvalue weighted by molar-refractivity contribution is 8.04. The Morgan fingerprint density at radius 1 is 1.41 bits per heavy atom. The van der Waals surface area contributed by atoms with E-state index in [0.29, 0.717) is 5.57 Å². The van der Waals surface area contributed by atoms with E-state index in [1.807, 2.05) is 0 Å². The number of imide groups is 1. The lowest BCUT2D eigenvalue weighted by molar-refractivity contribution is -0.138. The van der Waals surface area contributed by atoms with Crippen LogP contribution in [0.4, 0.5) is 0 Å². The fourth-order valence-electron chi connectivity index (χ4n) is 1.36. The first-order valence-electron chi connectivity index (χ1n) is 5.05. The zero-order valence-corrected chi connectivity index (χ0v) is 10.3. The van der Waals surface area contributed by atoms with E-state index in [1.54, 1.807) is 13.8 Å². The van der Waals surface area contributed by atoms with Crippen LogP contribution in [0.15, 0.2) is 10.5 Å². The van der Waals surface area contributed by atoms with Gasteiger partial charge in [0.05, 0.1) is 4.91 Å². The molecule has 0 spiro atoms. The Kier molecular flexibility index (Phi) is 4.30. The van der Waals surface area contributed by atoms with Gasteiger partial charge in [-0.15, -0.1) is 11.8 Å². The SMILES string of the molecule is CC(C)C1=C(SC[C@H](N)C(=O)O)C(=O)NC1=O. The molecule has 0 fully saturated rings. The average molecular weight is 258 g/mol. The van der Waals surface area contributed by atoms with Crippen LogP contribution in [0, 0.1) is 5.92 Å². The second-order valence-electron chi connectivity index (χ2n) is 3.94. The van der Waals surface area contributed by atoms with E-state index >= 15 is 0 Å². The fourth-order valence-corrected chi connectivity index (χ4v) is 2.52. The molecule has 1 rings (SSSR count). The van der Waals surface area contributed by atoms with Crippen LogP contribution in [0.1, 0.15) is 13.8 Å². The smallest absolute Gasteiger partial charge is 0.321 e. The molecule has 17 heavy (non-hydrogen) atoms. The van der Waals surface area contributed by atoms with Gasteiger partial charge in [-0.2, -0.15) is 0 Å². The summed E-state index contributed by atoms with van der Waals surface area (Å²) in [5, 5.41) is 10.8. The number of thioether (sulfide) groups is 1. The average Bonchev–Trinajstić information content (AvgIpc) is 2.49. The van der Waals surface area contributed by atoms with E-state index in [0.717, 1.165) is 11.8 Å². The summed E-state index contributed by atoms with van der Waals surface area (Å²) in [4.78, 5) is 33.8. The van der Waals surface area contributed by atoms with Crippen molar-refractivity contribution in [3.63, 3.8) is 0 Å². The van der Waals surface area contributed by atoms with Gasteiger partial charge < -0.3 is 10.8 Å². The van der Waals surface area contributed by atoms with Crippen molar-refractivity contribution in [3.05, 3.63) is 10.5 Å². The Labute approximate surface area is 103 Å². The maximum absolute atomic E-state index is 11.5. The van der Waals surface area contributed by atoms with E-state index in [9.17, 15) is 14.4 Å². The molecule has 7 heteroatoms. The van der Waals surface area contributed by atoms with Crippen molar-refractivity contribution < 1.29 is 19.5 Å². The Bertz CT molecular complexity index is 403. The first-order chi connectivity index (χ1) is 7.84. The van der Waals surface area contributed by atoms with Gasteiger partial charge in [-0.05, 0) is 5.92 Å². The van der Waals surface area contributed by atoms with Gasteiger partial charge >= 0.3 is 5.97 Å². The second-order valence-corrected chi connectivity index (χ2v) is 4.97. The standard InChI is InChI=1S/C10H14N2O4S/c1-4(2)6-7(9(14)12-8(6)13)17-3-5(11)10(15)16/h4-5H,3,11H2,1-2H3,(H,15,16)(H,12,13,14)/t5-/m0/s1. The van der Waals surface area contributed by atoms with E-state index in [2.05, 4.69) is 5.32 Å². The largest absolute Gasteiger partial charge is 0.480 e. The molecule has 0 bridgehead atoms. The van der Waals surface area contributed by atoms with Crippen LogP contribution >= 0.6 is 11.8 Å². The van der Waals surface area contributed by atoms with Crippen molar-refractivity contribution >= 4 is 29.5 Å². The van der Waals surface area contributed by atoms with Gasteiger partial charge in [-0.25, -0.2) is 0 Å². The zero-order chi connectivity index (χ0) is 13.2. The quantitative estimate of drug-likeness (QED) is 0.584. The molecule has 0 saturated heterocycles. The van der Waals surface area contributed by atoms with Crippen molar-refractivity contribution in [2.24, 2.45) is 11.7 Å². The number of hydrogen-bond acceptors (Lipinski definition) is 5. The maximum Gasteiger partial charge on any atom is 0.321 e. The molecule has 0 aromatic carbocycles. The van der Waals surface area contributed by atoms with Crippen LogP contribution in [0.25, 0.3) is 0 Å². The van der Waals surface area contributed by atoms with Gasteiger partial charge in [0.25, 0.3) is 11.8 Å². The molecule has 1 atom stereocenters. The third-order valence-electron chi connectivity index (χ3n) is 2.22. The molecule has 0 aromatic heterocycles. The van der Waals surface area contributed by atoms with E-state index < -0.39 is 23.8 Å². The van der Waals surface area contributed by atoms with Crippen LogP contribution in [0.5, 0.6) is 0 Å². The molecule has 4 N–H and O–H groups in total. The summed E-state index contributed by atoms with van der Waals surface area (Å²) < 4.78 is 0. The van der Waals surface area contributed by atoms with Gasteiger partial charge in [0, 0.05) is 11.3 Å². The molecule has 6 nitrogen and oxygen atoms in total. The number of rotatable bonds is 5. The predicted molar refractivity (Wildman–Crippen MR) is 63.1 cm³/mol. The van der Waals surface area contributed by atoms with Crippen molar-refractivity contribution in [1.82, 2.24) is 5.32 Å². The predicted octanol–water partition coefficient (Wildman–Crippen LogP) is -0.302. The minimum Gasteiger partial charge on any atom is -0.480 e. The van der Waals surface area contributed by atoms with Crippen LogP contribution in [-0.2, 0) is 14.4 Å². The number of carbonyl (C=O) groups is 3. The van der Waals surface area contributed by atoms with Crippen molar-refractivity contribution in [1.29, 1.82) is 0 Å². The van der Waals surface area contributed by atoms with Crippen LogP contribution in [-0.4, -0.2) is 34.7 Å². The molecule has 1 heterocycles. The van der Waals surface area contributed by atoms with Crippen molar-refractivity contribution in [2.45, 2.75) is 19.9 Å². The van der Waals surface area contributed by atoms with Crippen molar-refractivity contribution in [3.8, 4) is 0 Å². The monoisotopic (exact) mass is 258 g/mol. The molecule has 2 amide bonds. The summed E-state index contributed by atoms with van der Waals surface area (Å²) in [6.07, 6.45) is 0. The molecule has 94 valence electrons. The maximum atomic E-state index is 11.5. The number of aliphatic carboxylic acids is 1. The van der Waals surface area contributed by atoms with Gasteiger partial charge in [0.2, 0.25) is 0 Å². The Morgan fingerprint density at radius 2 is 2.00 bits per heavy atom. The minimum absolute atomic E-state index is 0.0571. The molecular formula is C10H14N2O4S. The van der Waals surface area contributed by atoms with Gasteiger partial charge in [0.1, 0.15) is 6.04 Å². The Balaban J connectivity index is 2.82. The molecule has 0 aromatic rings.